The first kappa shape index (κ1) is 69.7. The van der Waals surface area contributed by atoms with Crippen LogP contribution in [0.4, 0.5) is 4.79 Å². The second-order valence-electron chi connectivity index (χ2n) is 23.3. The van der Waals surface area contributed by atoms with Crippen molar-refractivity contribution in [3.63, 3.8) is 0 Å². The minimum Gasteiger partial charge on any atom is -0.497 e. The van der Waals surface area contributed by atoms with Gasteiger partial charge in [0, 0.05) is 43.4 Å². The fraction of sp³-hybridized carbons (Fsp3) is 0.647. The number of amides is 2. The Bertz CT molecular complexity index is 2480. The molecule has 2 heterocycles. The zero-order valence-electron chi connectivity index (χ0n) is 52.3. The number of H-pyrrole nitrogens is 1. The summed E-state index contributed by atoms with van der Waals surface area (Å²) in [5, 5.41) is 15.7. The van der Waals surface area contributed by atoms with E-state index >= 15 is 0 Å². The molecule has 0 spiro atoms. The molecule has 1 fully saturated rings. The maximum Gasteiger partial charge on any atom is 0.330 e. The van der Waals surface area contributed by atoms with Gasteiger partial charge in [-0.15, -0.1) is 0 Å². The van der Waals surface area contributed by atoms with Crippen LogP contribution in [-0.4, -0.2) is 85.1 Å². The quantitative estimate of drug-likeness (QED) is 0.0218. The van der Waals surface area contributed by atoms with E-state index in [-0.39, 0.29) is 37.7 Å². The summed E-state index contributed by atoms with van der Waals surface area (Å²) < 4.78 is 43.4. The van der Waals surface area contributed by atoms with Gasteiger partial charge in [0.25, 0.3) is 14.1 Å². The Morgan fingerprint density at radius 2 is 1.13 bits per heavy atom. The standard InChI is InChI=1S/C68H105N6O9P/c1-8-9-10-11-12-13-14-15-16-17-18-19-20-21-22-23-24-27-33-49-70-66(76)71-50-34-28-25-26-32-38-61-64(83-84(81-52-35-48-69)74(54(2)3)55(4)5)62(82-65(61)73-51-47-63(75)72-67(73)77)53-80-68(56-36-30-29-31-37-56,57-39-43-59(78-6)44-40-57)58-41-45-60(79-7)46-42-58/h29-31,36-37,39-47,51,54-55,61-62,64-65H,8-28,32-35,38,49-50,52-53H2,1-7H3,(H2,70,71,76)(H,72,75,77)/t61-,62-,64+,65-,84?/m1/s1. The van der Waals surface area contributed by atoms with Crippen LogP contribution >= 0.6 is 8.53 Å². The summed E-state index contributed by atoms with van der Waals surface area (Å²) in [7, 11) is 1.50. The number of benzene rings is 3. The summed E-state index contributed by atoms with van der Waals surface area (Å²) in [4.78, 5) is 41.5. The first-order valence-corrected chi connectivity index (χ1v) is 33.3. The Balaban J connectivity index is 1.20. The van der Waals surface area contributed by atoms with Crippen LogP contribution in [-0.2, 0) is 24.1 Å². The van der Waals surface area contributed by atoms with Crippen molar-refractivity contribution < 1.29 is 32.8 Å². The number of rotatable bonds is 45. The number of nitrogens with zero attached hydrogens (tertiary/aromatic N) is 3. The molecule has 1 aromatic heterocycles. The van der Waals surface area contributed by atoms with Gasteiger partial charge < -0.3 is 38.6 Å². The van der Waals surface area contributed by atoms with E-state index < -0.39 is 49.7 Å². The Kier molecular flexibility index (Phi) is 33.5. The summed E-state index contributed by atoms with van der Waals surface area (Å²) >= 11 is 0. The van der Waals surface area contributed by atoms with Gasteiger partial charge in [0.2, 0.25) is 0 Å². The highest BCUT2D eigenvalue weighted by atomic mass is 31.2. The van der Waals surface area contributed by atoms with Crippen LogP contribution in [0, 0.1) is 17.2 Å². The Labute approximate surface area is 505 Å². The van der Waals surface area contributed by atoms with Gasteiger partial charge in [0.05, 0.1) is 39.9 Å². The van der Waals surface area contributed by atoms with Crippen LogP contribution in [0.25, 0.3) is 0 Å². The molecule has 0 bridgehead atoms. The molecule has 3 N–H and O–H groups in total. The first-order valence-electron chi connectivity index (χ1n) is 32.2. The molecule has 5 atom stereocenters. The molecule has 2 amide bonds. The van der Waals surface area contributed by atoms with Crippen molar-refractivity contribution in [2.24, 2.45) is 5.92 Å². The molecule has 0 saturated carbocycles. The van der Waals surface area contributed by atoms with Crippen molar-refractivity contribution in [2.75, 3.05) is 40.5 Å². The summed E-state index contributed by atoms with van der Waals surface area (Å²) in [5.74, 6) is 0.987. The summed E-state index contributed by atoms with van der Waals surface area (Å²) in [6, 6.07) is 29.2. The second kappa shape index (κ2) is 40.3. The molecule has 0 aliphatic carbocycles. The van der Waals surface area contributed by atoms with Crippen molar-refractivity contribution in [2.45, 2.75) is 238 Å². The van der Waals surface area contributed by atoms with E-state index in [0.717, 1.165) is 61.6 Å². The van der Waals surface area contributed by atoms with Crippen molar-refractivity contribution >= 4 is 14.6 Å². The van der Waals surface area contributed by atoms with Gasteiger partial charge in [-0.1, -0.05) is 203 Å². The van der Waals surface area contributed by atoms with Crippen molar-refractivity contribution in [3.8, 4) is 17.6 Å². The van der Waals surface area contributed by atoms with Gasteiger partial charge in [0.15, 0.2) is 0 Å². The van der Waals surface area contributed by atoms with Crippen LogP contribution in [0.3, 0.4) is 0 Å². The van der Waals surface area contributed by atoms with E-state index in [4.69, 9.17) is 28.0 Å². The van der Waals surface area contributed by atoms with E-state index in [0.29, 0.717) is 31.0 Å². The van der Waals surface area contributed by atoms with Crippen LogP contribution in [0.1, 0.15) is 224 Å². The number of unbranched alkanes of at least 4 members (excludes halogenated alkanes) is 22. The van der Waals surface area contributed by atoms with Gasteiger partial charge in [-0.2, -0.15) is 5.26 Å². The van der Waals surface area contributed by atoms with Gasteiger partial charge in [-0.3, -0.25) is 14.3 Å². The minimum absolute atomic E-state index is 0.00755. The number of methoxy groups -OCH3 is 2. The number of ether oxygens (including phenoxy) is 4. The molecule has 1 aliphatic heterocycles. The predicted octanol–water partition coefficient (Wildman–Crippen LogP) is 15.8. The fourth-order valence-electron chi connectivity index (χ4n) is 11.7. The molecule has 1 unspecified atom stereocenters. The molecular weight excluding hydrogens is 1080 g/mol. The minimum atomic E-state index is -1.78. The Morgan fingerprint density at radius 3 is 1.58 bits per heavy atom. The molecule has 16 heteroatoms. The van der Waals surface area contributed by atoms with E-state index in [1.54, 1.807) is 14.2 Å². The number of hydrogen-bond acceptors (Lipinski definition) is 11. The zero-order chi connectivity index (χ0) is 60.2. The molecule has 0 radical (unpaired) electrons. The molecule has 1 aliphatic rings. The molecule has 4 aromatic rings. The number of hydrogen-bond donors (Lipinski definition) is 3. The van der Waals surface area contributed by atoms with Gasteiger partial charge in [-0.05, 0) is 87.9 Å². The maximum atomic E-state index is 13.8. The Morgan fingerprint density at radius 1 is 0.667 bits per heavy atom. The van der Waals surface area contributed by atoms with Gasteiger partial charge in [0.1, 0.15) is 35.5 Å². The van der Waals surface area contributed by atoms with Crippen LogP contribution in [0.15, 0.2) is 101 Å². The fourth-order valence-corrected chi connectivity index (χ4v) is 13.5. The van der Waals surface area contributed by atoms with E-state index in [1.165, 1.54) is 126 Å². The monoisotopic (exact) mass is 1180 g/mol. The predicted molar refractivity (Wildman–Crippen MR) is 340 cm³/mol. The third-order valence-electron chi connectivity index (χ3n) is 16.2. The number of nitrogens with one attached hydrogen (secondary N) is 3. The third-order valence-corrected chi connectivity index (χ3v) is 18.3. The number of carbonyl (C=O) groups is 1. The molecule has 466 valence electrons. The number of nitriles is 1. The first-order chi connectivity index (χ1) is 41.0. The largest absolute Gasteiger partial charge is 0.497 e. The van der Waals surface area contributed by atoms with Crippen LogP contribution < -0.4 is 31.4 Å². The second-order valence-corrected chi connectivity index (χ2v) is 24.7. The van der Waals surface area contributed by atoms with Gasteiger partial charge >= 0.3 is 11.7 Å². The smallest absolute Gasteiger partial charge is 0.330 e. The van der Waals surface area contributed by atoms with Gasteiger partial charge in [-0.25, -0.2) is 14.3 Å². The lowest BCUT2D eigenvalue weighted by Gasteiger charge is -2.39. The number of aromatic nitrogens is 2. The SMILES string of the molecule is CCCCCCCCCCCCCCCCCCCCCNC(=O)NCCCCCCC[C@@H]1[C@H](OP(OCCC#N)N(C(C)C)C(C)C)[C@@H](COC(c2ccccc2)(c2ccc(OC)cc2)c2ccc(OC)cc2)O[C@H]1n1ccc(=O)[nH]c1=O. The highest BCUT2D eigenvalue weighted by Gasteiger charge is 2.50. The number of aromatic amines is 1. The Hall–Kier alpha value is -5.07. The molecule has 1 saturated heterocycles. The summed E-state index contributed by atoms with van der Waals surface area (Å²) in [6.45, 7) is 12.2. The topological polar surface area (TPSA) is 178 Å². The average molecular weight is 1180 g/mol. The number of urea groups is 1. The normalized spacial score (nSPS) is 16.5. The van der Waals surface area contributed by atoms with Crippen molar-refractivity contribution in [1.82, 2.24) is 24.9 Å². The third kappa shape index (κ3) is 23.3. The highest BCUT2D eigenvalue weighted by Crippen LogP contribution is 2.53. The van der Waals surface area contributed by atoms with Crippen molar-refractivity contribution in [1.29, 1.82) is 5.26 Å². The summed E-state index contributed by atoms with van der Waals surface area (Å²) in [6.07, 6.45) is 30.0. The maximum absolute atomic E-state index is 13.8. The molecule has 3 aromatic carbocycles. The lowest BCUT2D eigenvalue weighted by Crippen LogP contribution is -2.41. The average Bonchev–Trinajstić information content (AvgIpc) is 2.69. The van der Waals surface area contributed by atoms with E-state index in [2.05, 4.69) is 61.0 Å². The summed E-state index contributed by atoms with van der Waals surface area (Å²) in [5.41, 5.74) is 0.271. The zero-order valence-corrected chi connectivity index (χ0v) is 53.2. The lowest BCUT2D eigenvalue weighted by molar-refractivity contribution is -0.0933. The molecule has 5 rings (SSSR count). The van der Waals surface area contributed by atoms with Crippen molar-refractivity contribution in [3.05, 3.63) is 129 Å². The highest BCUT2D eigenvalue weighted by molar-refractivity contribution is 7.44. The lowest BCUT2D eigenvalue weighted by atomic mass is 9.80. The van der Waals surface area contributed by atoms with E-state index in [1.807, 2.05) is 78.9 Å². The number of carbonyl (C=O) groups excluding carboxylic acids is 1. The van der Waals surface area contributed by atoms with Crippen LogP contribution in [0.5, 0.6) is 11.5 Å². The van der Waals surface area contributed by atoms with Crippen LogP contribution in [0.2, 0.25) is 0 Å². The van der Waals surface area contributed by atoms with E-state index in [9.17, 15) is 19.6 Å². The molecule has 15 nitrogen and oxygen atoms in total. The molecular formula is C68H105N6O9P. The molecule has 84 heavy (non-hydrogen) atoms.